The number of nitrogen functional groups attached to an aromatic ring is 2. The number of aliphatic hydroxyl groups is 2. The summed E-state index contributed by atoms with van der Waals surface area (Å²) in [4.78, 5) is 125. The Hall–Kier alpha value is -6.36. The van der Waals surface area contributed by atoms with Crippen LogP contribution in [0.25, 0.3) is 22.3 Å². The lowest BCUT2D eigenvalue weighted by atomic mass is 10.1. The summed E-state index contributed by atoms with van der Waals surface area (Å²) in [7, 11) is -18.3. The van der Waals surface area contributed by atoms with Gasteiger partial charge in [-0.1, -0.05) is 24.3 Å². The van der Waals surface area contributed by atoms with Gasteiger partial charge in [0.1, 0.15) is 24.4 Å². The number of nitrogens with two attached hydrogens (primary N) is 2. The molecule has 2 aliphatic heterocycles. The SMILES string of the molecule is CNc1ccccc1C(=O)OC1C(COP(=O)(O)OP(=O)(O)O)OC(n2cnc3c(=O)[nH]c(N)nc32)C1O.CNc1ccccc1C(=O)OC1C(O)C(COP(=O)(O)OP(=O)(O)O)OC1n1cnc2c(=O)[nH]c(N)nc21. The maximum absolute atomic E-state index is 13.0. The Bertz CT molecular complexity index is 3460. The van der Waals surface area contributed by atoms with Gasteiger partial charge in [0.15, 0.2) is 47.0 Å². The number of rotatable bonds is 18. The molecule has 2 aromatic carbocycles. The highest BCUT2D eigenvalue weighted by Crippen LogP contribution is 2.59. The number of phosphoric acid groups is 4. The summed E-state index contributed by atoms with van der Waals surface area (Å²) in [5.41, 5.74) is 10.4. The third kappa shape index (κ3) is 13.4. The number of carbonyl (C=O) groups is 2. The number of aliphatic hydroxyl groups excluding tert-OH is 2. The van der Waals surface area contributed by atoms with Crippen LogP contribution in [0.2, 0.25) is 0 Å². The first kappa shape index (κ1) is 57.3. The van der Waals surface area contributed by atoms with E-state index in [4.69, 9.17) is 50.0 Å². The van der Waals surface area contributed by atoms with Crippen LogP contribution in [0, 0.1) is 0 Å². The number of esters is 2. The van der Waals surface area contributed by atoms with Crippen LogP contribution in [0.3, 0.4) is 0 Å². The van der Waals surface area contributed by atoms with Crippen LogP contribution in [-0.2, 0) is 54.9 Å². The van der Waals surface area contributed by atoms with E-state index in [9.17, 15) is 57.4 Å². The molecular formula is C36H44N12O24P4. The standard InChI is InChI=1S/2C18H22N6O12P2/c1-20-9-5-3-2-4-8(9)17(27)35-13-10(6-33-38(31,32)36-37(28,29)30)34-16(12(13)25)24-7-21-11-14(24)22-18(19)23-15(11)26;1-20-9-5-3-2-4-8(9)17(27)35-13-12(25)10(6-33-38(31,32)36-37(28,29)30)34-16(13)24-7-21-11-14(24)22-18(19)23-15(11)26/h2*2-5,7,10,12-13,16,20,25H,6H2,1H3,(H,31,32)(H2,28,29,30)(H3,19,22,23,26). The summed E-state index contributed by atoms with van der Waals surface area (Å²) >= 11 is 0. The number of imidazole rings is 2. The molecule has 0 aliphatic carbocycles. The van der Waals surface area contributed by atoms with E-state index in [1.165, 1.54) is 12.1 Å². The molecular weight excluding hydrogens is 1110 g/mol. The highest BCUT2D eigenvalue weighted by molar-refractivity contribution is 7.61. The molecule has 412 valence electrons. The van der Waals surface area contributed by atoms with Crippen LogP contribution in [0.4, 0.5) is 23.3 Å². The molecule has 2 saturated heterocycles. The molecule has 6 heterocycles. The average Bonchev–Trinajstić information content (AvgIpc) is 4.10. The summed E-state index contributed by atoms with van der Waals surface area (Å²) in [6, 6.07) is 12.6. The molecule has 6 aromatic rings. The third-order valence-corrected chi connectivity index (χ3v) is 14.9. The molecule has 0 radical (unpaired) electrons. The summed E-state index contributed by atoms with van der Waals surface area (Å²) in [5.74, 6) is -2.34. The number of para-hydroxylation sites is 2. The number of fused-ring (bicyclic) bond motifs is 2. The molecule has 36 nitrogen and oxygen atoms in total. The predicted molar refractivity (Wildman–Crippen MR) is 253 cm³/mol. The summed E-state index contributed by atoms with van der Waals surface area (Å²) in [5, 5.41) is 27.6. The van der Waals surface area contributed by atoms with Crippen LogP contribution < -0.4 is 33.2 Å². The molecule has 8 rings (SSSR count). The van der Waals surface area contributed by atoms with Gasteiger partial charge < -0.3 is 80.6 Å². The van der Waals surface area contributed by atoms with Crippen molar-refractivity contribution in [2.45, 2.75) is 49.1 Å². The van der Waals surface area contributed by atoms with E-state index < -0.39 is 117 Å². The van der Waals surface area contributed by atoms with Crippen LogP contribution in [0.15, 0.2) is 70.8 Å². The normalized spacial score (nSPS) is 23.3. The molecule has 4 aromatic heterocycles. The molecule has 0 amide bonds. The molecule has 0 bridgehead atoms. The van der Waals surface area contributed by atoms with Gasteiger partial charge in [0, 0.05) is 25.5 Å². The second-order valence-corrected chi connectivity index (χ2v) is 21.3. The predicted octanol–water partition coefficient (Wildman–Crippen LogP) is -1.09. The number of aromatic nitrogens is 8. The average molecular weight is 1150 g/mol. The van der Waals surface area contributed by atoms with E-state index in [2.05, 4.69) is 58.2 Å². The second kappa shape index (κ2) is 22.7. The van der Waals surface area contributed by atoms with Crippen molar-refractivity contribution in [2.75, 3.05) is 49.4 Å². The highest BCUT2D eigenvalue weighted by Gasteiger charge is 2.51. The van der Waals surface area contributed by atoms with Crippen molar-refractivity contribution < 1.29 is 104 Å². The molecule has 0 spiro atoms. The number of nitrogens with zero attached hydrogens (tertiary/aromatic N) is 6. The fourth-order valence-corrected chi connectivity index (χ4v) is 10.7. The topological polar surface area (TPSA) is 541 Å². The molecule has 10 atom stereocenters. The molecule has 2 fully saturated rings. The van der Waals surface area contributed by atoms with Gasteiger partial charge in [0.25, 0.3) is 11.1 Å². The van der Waals surface area contributed by atoms with E-state index in [1.807, 2.05) is 0 Å². The minimum Gasteiger partial charge on any atom is -0.453 e. The van der Waals surface area contributed by atoms with Crippen molar-refractivity contribution in [1.29, 1.82) is 0 Å². The maximum atomic E-state index is 13.0. The number of benzene rings is 2. The Morgan fingerprint density at radius 1 is 0.645 bits per heavy atom. The van der Waals surface area contributed by atoms with Crippen LogP contribution in [0.5, 0.6) is 0 Å². The fraction of sp³-hybridized carbons (Fsp3) is 0.333. The maximum Gasteiger partial charge on any atom is 0.481 e. The van der Waals surface area contributed by atoms with Crippen LogP contribution in [-0.4, -0.2) is 154 Å². The van der Waals surface area contributed by atoms with Crippen molar-refractivity contribution in [3.05, 3.63) is 93.0 Å². The van der Waals surface area contributed by atoms with Crippen molar-refractivity contribution in [3.63, 3.8) is 0 Å². The van der Waals surface area contributed by atoms with Crippen molar-refractivity contribution in [3.8, 4) is 0 Å². The first-order valence-electron chi connectivity index (χ1n) is 21.1. The molecule has 2 aliphatic rings. The largest absolute Gasteiger partial charge is 0.481 e. The van der Waals surface area contributed by atoms with E-state index in [0.717, 1.165) is 21.8 Å². The van der Waals surface area contributed by atoms with Crippen molar-refractivity contribution in [1.82, 2.24) is 39.0 Å². The number of aromatic amines is 2. The highest BCUT2D eigenvalue weighted by atomic mass is 31.3. The van der Waals surface area contributed by atoms with Gasteiger partial charge in [0.05, 0.1) is 37.0 Å². The minimum atomic E-state index is -5.42. The summed E-state index contributed by atoms with van der Waals surface area (Å²) < 4.78 is 87.1. The lowest BCUT2D eigenvalue weighted by Gasteiger charge is -2.22. The number of ether oxygens (including phenoxy) is 4. The zero-order valence-corrected chi connectivity index (χ0v) is 42.1. The quantitative estimate of drug-likeness (QED) is 0.0359. The Labute approximate surface area is 422 Å². The van der Waals surface area contributed by atoms with Gasteiger partial charge >= 0.3 is 43.2 Å². The number of nitrogens with one attached hydrogen (secondary N) is 4. The lowest BCUT2D eigenvalue weighted by Crippen LogP contribution is -2.38. The Kier molecular flexibility index (Phi) is 17.1. The van der Waals surface area contributed by atoms with Crippen LogP contribution >= 0.6 is 31.3 Å². The van der Waals surface area contributed by atoms with Gasteiger partial charge in [-0.05, 0) is 24.3 Å². The van der Waals surface area contributed by atoms with Crippen LogP contribution in [0.1, 0.15) is 33.2 Å². The Balaban J connectivity index is 0.000000221. The minimum absolute atomic E-state index is 0.0806. The number of H-pyrrole nitrogens is 2. The zero-order chi connectivity index (χ0) is 55.7. The summed E-state index contributed by atoms with van der Waals surface area (Å²) in [6.07, 6.45) is -10.1. The Morgan fingerprint density at radius 2 is 1.05 bits per heavy atom. The van der Waals surface area contributed by atoms with Gasteiger partial charge in [-0.2, -0.15) is 18.6 Å². The molecule has 0 saturated carbocycles. The van der Waals surface area contributed by atoms with Crippen molar-refractivity contribution in [2.24, 2.45) is 0 Å². The zero-order valence-electron chi connectivity index (χ0n) is 38.5. The van der Waals surface area contributed by atoms with E-state index in [0.29, 0.717) is 11.4 Å². The first-order valence-corrected chi connectivity index (χ1v) is 27.2. The number of hydrogen-bond donors (Lipinski definition) is 14. The van der Waals surface area contributed by atoms with E-state index in [-0.39, 0.29) is 45.4 Å². The Morgan fingerprint density at radius 3 is 1.50 bits per heavy atom. The molecule has 76 heavy (non-hydrogen) atoms. The van der Waals surface area contributed by atoms with Gasteiger partial charge in [-0.15, -0.1) is 0 Å². The number of anilines is 4. The van der Waals surface area contributed by atoms with E-state index >= 15 is 0 Å². The number of phosphoric ester groups is 2. The van der Waals surface area contributed by atoms with Gasteiger partial charge in [0.2, 0.25) is 11.9 Å². The van der Waals surface area contributed by atoms with E-state index in [1.54, 1.807) is 50.5 Å². The van der Waals surface area contributed by atoms with Gasteiger partial charge in [-0.25, -0.2) is 37.8 Å². The molecule has 40 heteroatoms. The fourth-order valence-electron chi connectivity index (χ4n) is 7.48. The summed E-state index contributed by atoms with van der Waals surface area (Å²) in [6.45, 7) is -1.87. The van der Waals surface area contributed by atoms with Gasteiger partial charge in [-0.3, -0.25) is 37.7 Å². The number of carbonyl (C=O) groups excluding carboxylic acids is 2. The smallest absolute Gasteiger partial charge is 0.453 e. The lowest BCUT2D eigenvalue weighted by molar-refractivity contribution is -0.0558. The molecule has 16 N–H and O–H groups in total. The monoisotopic (exact) mass is 1150 g/mol. The number of hydrogen-bond acceptors (Lipinski definition) is 26. The van der Waals surface area contributed by atoms with Crippen molar-refractivity contribution >= 4 is 88.8 Å². The first-order chi connectivity index (χ1) is 35.6. The third-order valence-electron chi connectivity index (χ3n) is 10.6. The second-order valence-electron chi connectivity index (χ2n) is 15.7. The molecule has 10 unspecified atom stereocenters.